The number of Topliss-reactive ketones (excluding diaryl/α,β-unsaturated/α-hetero) is 1. The van der Waals surface area contributed by atoms with Crippen LogP contribution in [0.4, 0.5) is 13.2 Å². The fourth-order valence-electron chi connectivity index (χ4n) is 2.65. The Balaban J connectivity index is 2.08. The maximum atomic E-state index is 12.3. The van der Waals surface area contributed by atoms with Gasteiger partial charge in [-0.25, -0.2) is 0 Å². The smallest absolute Gasteiger partial charge is 0.284 e. The van der Waals surface area contributed by atoms with Crippen LogP contribution < -0.4 is 0 Å². The summed E-state index contributed by atoms with van der Waals surface area (Å²) in [5.74, 6) is -0.818. The maximum Gasteiger partial charge on any atom is 0.454 e. The molecule has 25 heavy (non-hydrogen) atoms. The lowest BCUT2D eigenvalue weighted by Gasteiger charge is -2.06. The summed E-state index contributed by atoms with van der Waals surface area (Å²) < 4.78 is 37.0. The third kappa shape index (κ3) is 9.93. The van der Waals surface area contributed by atoms with Gasteiger partial charge < -0.3 is 0 Å². The topological polar surface area (TPSA) is 17.1 Å². The van der Waals surface area contributed by atoms with Gasteiger partial charge >= 0.3 is 6.18 Å². The quantitative estimate of drug-likeness (QED) is 0.203. The Morgan fingerprint density at radius 2 is 1.32 bits per heavy atom. The summed E-state index contributed by atoms with van der Waals surface area (Å²) in [5.41, 5.74) is -0.296. The van der Waals surface area contributed by atoms with E-state index in [9.17, 15) is 18.0 Å². The number of alkyl halides is 3. The summed E-state index contributed by atoms with van der Waals surface area (Å²) in [6, 6.07) is 5.72. The molecule has 0 aliphatic carbocycles. The Kier molecular flexibility index (Phi) is 10.9. The number of rotatable bonds is 13. The van der Waals surface area contributed by atoms with E-state index >= 15 is 0 Å². The molecule has 1 aromatic rings. The van der Waals surface area contributed by atoms with Crippen molar-refractivity contribution in [3.8, 4) is 0 Å². The van der Waals surface area contributed by atoms with Crippen molar-refractivity contribution in [3.63, 3.8) is 0 Å². The molecule has 5 heteroatoms. The lowest BCUT2D eigenvalue weighted by atomic mass is 10.1. The van der Waals surface area contributed by atoms with E-state index in [4.69, 9.17) is 0 Å². The summed E-state index contributed by atoms with van der Waals surface area (Å²) in [7, 11) is 0. The lowest BCUT2D eigenvalue weighted by molar-refractivity contribution is -0.0885. The van der Waals surface area contributed by atoms with Gasteiger partial charge in [-0.05, 0) is 36.4 Å². The van der Waals surface area contributed by atoms with E-state index in [1.807, 2.05) is 0 Å². The molecule has 0 unspecified atom stereocenters. The van der Waals surface area contributed by atoms with E-state index in [-0.39, 0.29) is 5.56 Å². The van der Waals surface area contributed by atoms with Crippen LogP contribution in [-0.4, -0.2) is 17.7 Å². The molecule has 0 bridgehead atoms. The van der Waals surface area contributed by atoms with E-state index in [0.29, 0.717) is 0 Å². The largest absolute Gasteiger partial charge is 0.454 e. The second-order valence-electron chi connectivity index (χ2n) is 6.38. The minimum atomic E-state index is -4.80. The molecule has 0 fully saturated rings. The van der Waals surface area contributed by atoms with Gasteiger partial charge in [-0.15, -0.1) is 11.8 Å². The maximum absolute atomic E-state index is 12.3. The molecule has 0 radical (unpaired) electrons. The zero-order chi connectivity index (χ0) is 18.5. The third-order valence-corrected chi connectivity index (χ3v) is 5.24. The van der Waals surface area contributed by atoms with Crippen LogP contribution in [0.2, 0.25) is 0 Å². The normalized spacial score (nSPS) is 11.7. The number of hydrogen-bond acceptors (Lipinski definition) is 2. The Bertz CT molecular complexity index is 483. The van der Waals surface area contributed by atoms with Gasteiger partial charge in [0.1, 0.15) is 0 Å². The number of thioether (sulfide) groups is 1. The Morgan fingerprint density at radius 1 is 0.840 bits per heavy atom. The molecule has 0 N–H and O–H groups in total. The molecule has 0 aliphatic heterocycles. The first-order chi connectivity index (χ1) is 11.9. The fourth-order valence-corrected chi connectivity index (χ4v) is 3.56. The molecule has 0 saturated carbocycles. The average molecular weight is 375 g/mol. The Morgan fingerprint density at radius 3 is 1.80 bits per heavy atom. The predicted molar refractivity (Wildman–Crippen MR) is 99.4 cm³/mol. The predicted octanol–water partition coefficient (Wildman–Crippen LogP) is 7.44. The van der Waals surface area contributed by atoms with Gasteiger partial charge in [-0.3, -0.25) is 4.79 Å². The zero-order valence-corrected chi connectivity index (χ0v) is 15.9. The van der Waals surface area contributed by atoms with Gasteiger partial charge in [0.05, 0.1) is 0 Å². The molecule has 0 spiro atoms. The lowest BCUT2D eigenvalue weighted by Crippen LogP contribution is -2.22. The second kappa shape index (κ2) is 12.4. The molecule has 0 amide bonds. The molecule has 1 nitrogen and oxygen atoms in total. The van der Waals surface area contributed by atoms with E-state index in [0.717, 1.165) is 17.1 Å². The van der Waals surface area contributed by atoms with Gasteiger partial charge in [0.25, 0.3) is 5.78 Å². The van der Waals surface area contributed by atoms with Crippen molar-refractivity contribution in [2.75, 3.05) is 5.75 Å². The van der Waals surface area contributed by atoms with Crippen molar-refractivity contribution in [2.24, 2.45) is 0 Å². The van der Waals surface area contributed by atoms with E-state index < -0.39 is 12.0 Å². The molecule has 0 aromatic heterocycles. The van der Waals surface area contributed by atoms with Crippen LogP contribution >= 0.6 is 11.8 Å². The van der Waals surface area contributed by atoms with E-state index in [1.54, 1.807) is 23.9 Å². The van der Waals surface area contributed by atoms with Gasteiger partial charge in [-0.2, -0.15) is 13.2 Å². The number of benzene rings is 1. The van der Waals surface area contributed by atoms with Gasteiger partial charge in [0, 0.05) is 10.5 Å². The average Bonchev–Trinajstić information content (AvgIpc) is 2.59. The minimum Gasteiger partial charge on any atom is -0.284 e. The number of carbonyl (C=O) groups excluding carboxylic acids is 1. The molecule has 0 saturated heterocycles. The summed E-state index contributed by atoms with van der Waals surface area (Å²) in [4.78, 5) is 12.0. The highest BCUT2D eigenvalue weighted by Gasteiger charge is 2.39. The summed E-state index contributed by atoms with van der Waals surface area (Å²) in [5, 5.41) is 0. The Hall–Kier alpha value is -0.970. The van der Waals surface area contributed by atoms with Crippen molar-refractivity contribution >= 4 is 17.5 Å². The van der Waals surface area contributed by atoms with Crippen LogP contribution in [0.3, 0.4) is 0 Å². The highest BCUT2D eigenvalue weighted by molar-refractivity contribution is 7.99. The molecule has 1 rings (SSSR count). The van der Waals surface area contributed by atoms with Crippen molar-refractivity contribution in [1.82, 2.24) is 0 Å². The van der Waals surface area contributed by atoms with Crippen LogP contribution in [0.1, 0.15) is 81.5 Å². The van der Waals surface area contributed by atoms with Gasteiger partial charge in [0.2, 0.25) is 0 Å². The number of ketones is 1. The molecule has 0 atom stereocenters. The van der Waals surface area contributed by atoms with Crippen LogP contribution in [-0.2, 0) is 0 Å². The molecule has 1 aromatic carbocycles. The highest BCUT2D eigenvalue weighted by Crippen LogP contribution is 2.25. The second-order valence-corrected chi connectivity index (χ2v) is 7.55. The fraction of sp³-hybridized carbons (Fsp3) is 0.650. The molecule has 0 aliphatic rings. The standard InChI is InChI=1S/C20H29F3OS/c1-2-3-4-5-6-7-8-9-10-11-16-25-18-14-12-17(13-15-18)19(24)20(21,22)23/h12-15H,2-11,16H2,1H3. The Labute approximate surface area is 153 Å². The summed E-state index contributed by atoms with van der Waals surface area (Å²) in [6.45, 7) is 2.23. The van der Waals surface area contributed by atoms with Crippen LogP contribution in [0.25, 0.3) is 0 Å². The van der Waals surface area contributed by atoms with Gasteiger partial charge in [0.15, 0.2) is 0 Å². The number of carbonyl (C=O) groups is 1. The van der Waals surface area contributed by atoms with Gasteiger partial charge in [-0.1, -0.05) is 64.7 Å². The highest BCUT2D eigenvalue weighted by atomic mass is 32.2. The van der Waals surface area contributed by atoms with E-state index in [1.165, 1.54) is 69.9 Å². The van der Waals surface area contributed by atoms with Crippen molar-refractivity contribution < 1.29 is 18.0 Å². The molecular weight excluding hydrogens is 345 g/mol. The number of unbranched alkanes of at least 4 members (excludes halogenated alkanes) is 9. The summed E-state index contributed by atoms with van der Waals surface area (Å²) >= 11 is 1.63. The SMILES string of the molecule is CCCCCCCCCCCCSc1ccc(C(=O)C(F)(F)F)cc1. The first-order valence-corrected chi connectivity index (χ1v) is 10.3. The number of halogens is 3. The van der Waals surface area contributed by atoms with Crippen LogP contribution in [0, 0.1) is 0 Å². The monoisotopic (exact) mass is 374 g/mol. The third-order valence-electron chi connectivity index (χ3n) is 4.14. The van der Waals surface area contributed by atoms with Crippen molar-refractivity contribution in [1.29, 1.82) is 0 Å². The van der Waals surface area contributed by atoms with Crippen molar-refractivity contribution in [2.45, 2.75) is 82.2 Å². The van der Waals surface area contributed by atoms with Crippen molar-refractivity contribution in [3.05, 3.63) is 29.8 Å². The first kappa shape index (κ1) is 22.1. The van der Waals surface area contributed by atoms with E-state index in [2.05, 4.69) is 6.92 Å². The molecular formula is C20H29F3OS. The van der Waals surface area contributed by atoms with Crippen LogP contribution in [0.15, 0.2) is 29.2 Å². The zero-order valence-electron chi connectivity index (χ0n) is 15.0. The number of hydrogen-bond donors (Lipinski definition) is 0. The molecule has 0 heterocycles. The van der Waals surface area contributed by atoms with Crippen LogP contribution in [0.5, 0.6) is 0 Å². The molecule has 142 valence electrons. The minimum absolute atomic E-state index is 0.296. The summed E-state index contributed by atoms with van der Waals surface area (Å²) in [6.07, 6.45) is 8.10. The first-order valence-electron chi connectivity index (χ1n) is 9.29.